The zero-order chi connectivity index (χ0) is 11.6. The molecule has 0 amide bonds. The number of aliphatic hydroxyl groups is 1. The average Bonchev–Trinajstić information content (AvgIpc) is 2.73. The molecule has 16 heavy (non-hydrogen) atoms. The molecule has 2 nitrogen and oxygen atoms in total. The van der Waals surface area contributed by atoms with Crippen molar-refractivity contribution in [3.05, 3.63) is 11.6 Å². The average molecular weight is 242 g/mol. The summed E-state index contributed by atoms with van der Waals surface area (Å²) >= 11 is 1.96. The first-order chi connectivity index (χ1) is 7.68. The molecule has 0 radical (unpaired) electrons. The van der Waals surface area contributed by atoms with Gasteiger partial charge in [0.1, 0.15) is 4.93 Å². The molecule has 0 aromatic carbocycles. The van der Waals surface area contributed by atoms with Crippen LogP contribution in [0.15, 0.2) is 11.6 Å². The Morgan fingerprint density at radius 2 is 2.38 bits per heavy atom. The molecule has 2 aliphatic rings. The first kappa shape index (κ1) is 12.5. The van der Waals surface area contributed by atoms with Crippen molar-refractivity contribution < 1.29 is 9.84 Å². The lowest BCUT2D eigenvalue weighted by molar-refractivity contribution is -0.0537. The molecule has 1 spiro atoms. The molecule has 1 saturated carbocycles. The minimum atomic E-state index is -0.0597. The summed E-state index contributed by atoms with van der Waals surface area (Å²) in [5, 5.41) is 9.35. The second kappa shape index (κ2) is 4.71. The maximum Gasteiger partial charge on any atom is 0.122 e. The van der Waals surface area contributed by atoms with Gasteiger partial charge in [0, 0.05) is 17.8 Å². The summed E-state index contributed by atoms with van der Waals surface area (Å²) in [4.78, 5) is -0.0597. The van der Waals surface area contributed by atoms with Crippen molar-refractivity contribution in [2.45, 2.75) is 44.5 Å². The van der Waals surface area contributed by atoms with Crippen molar-refractivity contribution in [1.82, 2.24) is 0 Å². The van der Waals surface area contributed by atoms with E-state index in [0.29, 0.717) is 0 Å². The second-order valence-corrected chi connectivity index (χ2v) is 6.28. The molecule has 2 atom stereocenters. The van der Waals surface area contributed by atoms with E-state index in [-0.39, 0.29) is 17.0 Å². The fourth-order valence-corrected chi connectivity index (χ4v) is 4.77. The van der Waals surface area contributed by atoms with Crippen LogP contribution >= 0.6 is 11.8 Å². The Balaban J connectivity index is 2.34. The molecule has 1 aliphatic carbocycles. The second-order valence-electron chi connectivity index (χ2n) is 4.92. The summed E-state index contributed by atoms with van der Waals surface area (Å²) in [6.07, 6.45) is 6.57. The van der Waals surface area contributed by atoms with Crippen LogP contribution in [0.5, 0.6) is 0 Å². The SMILES string of the molecule is C/C=C1/CCCC2(OCCS2)C1(C)CCO. The number of allylic oxidation sites excluding steroid dienone is 1. The van der Waals surface area contributed by atoms with Gasteiger partial charge in [-0.3, -0.25) is 0 Å². The summed E-state index contributed by atoms with van der Waals surface area (Å²) in [5.74, 6) is 1.10. The highest BCUT2D eigenvalue weighted by Gasteiger charge is 2.54. The number of thioether (sulfide) groups is 1. The maximum atomic E-state index is 9.35. The van der Waals surface area contributed by atoms with Gasteiger partial charge < -0.3 is 9.84 Å². The quantitative estimate of drug-likeness (QED) is 0.755. The number of rotatable bonds is 2. The van der Waals surface area contributed by atoms with E-state index < -0.39 is 0 Å². The lowest BCUT2D eigenvalue weighted by Gasteiger charge is -2.50. The molecule has 0 bridgehead atoms. The predicted molar refractivity (Wildman–Crippen MR) is 68.6 cm³/mol. The molecule has 2 rings (SSSR count). The standard InChI is InChI=1S/C13H22O2S/c1-3-11-5-4-6-13(15-9-10-16-13)12(11,2)7-8-14/h3,14H,4-10H2,1-2H3/b11-3-. The van der Waals surface area contributed by atoms with Crippen LogP contribution in [0.25, 0.3) is 0 Å². The first-order valence-corrected chi connectivity index (χ1v) is 7.21. The Morgan fingerprint density at radius 1 is 1.56 bits per heavy atom. The summed E-state index contributed by atoms with van der Waals surface area (Å²) in [7, 11) is 0. The molecule has 2 unspecified atom stereocenters. The number of hydrogen-bond donors (Lipinski definition) is 1. The van der Waals surface area contributed by atoms with Gasteiger partial charge in [-0.2, -0.15) is 0 Å². The maximum absolute atomic E-state index is 9.35. The van der Waals surface area contributed by atoms with Crippen LogP contribution < -0.4 is 0 Å². The topological polar surface area (TPSA) is 29.5 Å². The lowest BCUT2D eigenvalue weighted by atomic mass is 9.67. The molecule has 1 N–H and O–H groups in total. The third-order valence-corrected chi connectivity index (χ3v) is 5.83. The highest BCUT2D eigenvalue weighted by Crippen LogP contribution is 2.59. The minimum absolute atomic E-state index is 0.0237. The summed E-state index contributed by atoms with van der Waals surface area (Å²) in [5.41, 5.74) is 1.50. The van der Waals surface area contributed by atoms with E-state index in [1.165, 1.54) is 18.4 Å². The molecule has 0 aromatic heterocycles. The molecule has 1 heterocycles. The molecular formula is C13H22O2S. The van der Waals surface area contributed by atoms with Gasteiger partial charge in [0.2, 0.25) is 0 Å². The number of aliphatic hydroxyl groups excluding tert-OH is 1. The van der Waals surface area contributed by atoms with Gasteiger partial charge >= 0.3 is 0 Å². The monoisotopic (exact) mass is 242 g/mol. The van der Waals surface area contributed by atoms with Crippen LogP contribution in [0.3, 0.4) is 0 Å². The van der Waals surface area contributed by atoms with Crippen LogP contribution in [0.1, 0.15) is 39.5 Å². The zero-order valence-electron chi connectivity index (χ0n) is 10.3. The van der Waals surface area contributed by atoms with Crippen molar-refractivity contribution in [2.75, 3.05) is 19.0 Å². The summed E-state index contributed by atoms with van der Waals surface area (Å²) < 4.78 is 6.09. The van der Waals surface area contributed by atoms with Gasteiger partial charge in [-0.05, 0) is 32.6 Å². The lowest BCUT2D eigenvalue weighted by Crippen LogP contribution is -2.48. The van der Waals surface area contributed by atoms with E-state index in [2.05, 4.69) is 19.9 Å². The largest absolute Gasteiger partial charge is 0.396 e. The molecule has 1 aliphatic heterocycles. The van der Waals surface area contributed by atoms with E-state index in [9.17, 15) is 5.11 Å². The smallest absolute Gasteiger partial charge is 0.122 e. The van der Waals surface area contributed by atoms with Crippen LogP contribution in [-0.2, 0) is 4.74 Å². The number of ether oxygens (including phenoxy) is 1. The predicted octanol–water partition coefficient (Wildman–Crippen LogP) is 2.97. The third-order valence-electron chi connectivity index (χ3n) is 4.22. The van der Waals surface area contributed by atoms with Gasteiger partial charge in [-0.1, -0.05) is 18.6 Å². The Morgan fingerprint density at radius 3 is 2.94 bits per heavy atom. The van der Waals surface area contributed by atoms with Crippen molar-refractivity contribution in [1.29, 1.82) is 0 Å². The van der Waals surface area contributed by atoms with E-state index in [0.717, 1.165) is 25.2 Å². The van der Waals surface area contributed by atoms with Crippen molar-refractivity contribution in [3.63, 3.8) is 0 Å². The minimum Gasteiger partial charge on any atom is -0.396 e. The van der Waals surface area contributed by atoms with Crippen LogP contribution in [0.2, 0.25) is 0 Å². The fourth-order valence-electron chi connectivity index (χ4n) is 3.26. The van der Waals surface area contributed by atoms with Gasteiger partial charge in [-0.15, -0.1) is 11.8 Å². The molecular weight excluding hydrogens is 220 g/mol. The van der Waals surface area contributed by atoms with Gasteiger partial charge in [0.05, 0.1) is 6.61 Å². The summed E-state index contributed by atoms with van der Waals surface area (Å²) in [6.45, 7) is 5.50. The van der Waals surface area contributed by atoms with Gasteiger partial charge in [0.15, 0.2) is 0 Å². The van der Waals surface area contributed by atoms with E-state index in [1.807, 2.05) is 11.8 Å². The molecule has 2 fully saturated rings. The van der Waals surface area contributed by atoms with Crippen molar-refractivity contribution in [2.24, 2.45) is 5.41 Å². The molecule has 1 saturated heterocycles. The Labute approximate surface area is 102 Å². The Bertz CT molecular complexity index is 282. The summed E-state index contributed by atoms with van der Waals surface area (Å²) in [6, 6.07) is 0. The van der Waals surface area contributed by atoms with E-state index >= 15 is 0 Å². The third kappa shape index (κ3) is 1.73. The zero-order valence-corrected chi connectivity index (χ0v) is 11.1. The van der Waals surface area contributed by atoms with Crippen LogP contribution in [0.4, 0.5) is 0 Å². The van der Waals surface area contributed by atoms with Crippen molar-refractivity contribution in [3.8, 4) is 0 Å². The number of hydrogen-bond acceptors (Lipinski definition) is 3. The van der Waals surface area contributed by atoms with Crippen LogP contribution in [0, 0.1) is 5.41 Å². The van der Waals surface area contributed by atoms with Crippen molar-refractivity contribution >= 4 is 11.8 Å². The first-order valence-electron chi connectivity index (χ1n) is 6.23. The highest BCUT2D eigenvalue weighted by molar-refractivity contribution is 8.00. The Hall–Kier alpha value is 0.01000. The molecule has 3 heteroatoms. The normalized spacial score (nSPS) is 42.1. The van der Waals surface area contributed by atoms with Gasteiger partial charge in [-0.25, -0.2) is 0 Å². The van der Waals surface area contributed by atoms with E-state index in [4.69, 9.17) is 4.74 Å². The van der Waals surface area contributed by atoms with E-state index in [1.54, 1.807) is 0 Å². The highest BCUT2D eigenvalue weighted by atomic mass is 32.2. The Kier molecular flexibility index (Phi) is 3.67. The van der Waals surface area contributed by atoms with Gasteiger partial charge in [0.25, 0.3) is 0 Å². The van der Waals surface area contributed by atoms with Crippen LogP contribution in [-0.4, -0.2) is 29.0 Å². The molecule has 92 valence electrons. The fraction of sp³-hybridized carbons (Fsp3) is 0.846. The molecule has 0 aromatic rings.